The summed E-state index contributed by atoms with van der Waals surface area (Å²) < 4.78 is 30.1. The molecule has 2 saturated heterocycles. The molecule has 4 atom stereocenters. The molecule has 0 radical (unpaired) electrons. The zero-order valence-corrected chi connectivity index (χ0v) is 15.7. The van der Waals surface area contributed by atoms with E-state index in [0.717, 1.165) is 11.1 Å². The van der Waals surface area contributed by atoms with Crippen molar-refractivity contribution in [3.8, 4) is 0 Å². The molecule has 2 aliphatic rings. The topological polar surface area (TPSA) is 46.2 Å². The van der Waals surface area contributed by atoms with E-state index in [1.807, 2.05) is 74.5 Å². The van der Waals surface area contributed by atoms with Crippen LogP contribution in [0, 0.1) is 0 Å². The van der Waals surface area contributed by atoms with E-state index in [2.05, 4.69) is 0 Å². The molecule has 2 heterocycles. The van der Waals surface area contributed by atoms with Crippen LogP contribution in [0.2, 0.25) is 0 Å². The van der Waals surface area contributed by atoms with Crippen LogP contribution in [0.5, 0.6) is 0 Å². The van der Waals surface area contributed by atoms with Gasteiger partial charge in [0.1, 0.15) is 18.3 Å². The lowest BCUT2D eigenvalue weighted by atomic mass is 10.1. The molecule has 4 rings (SSSR count). The standard InChI is InChI=1S/C22H26O5/c1-22(2)26-20-19(24-14-17-11-7-4-8-12-17)18(25-21(20)27-22)15-23-13-16-9-5-3-6-10-16/h3-12,18-21H,13-15H2,1-2H3/t18-,19-,20-,21-/m0/s1. The van der Waals surface area contributed by atoms with Crippen molar-refractivity contribution in [3.63, 3.8) is 0 Å². The molecule has 0 N–H and O–H groups in total. The summed E-state index contributed by atoms with van der Waals surface area (Å²) in [6.07, 6.45) is -1.16. The maximum atomic E-state index is 6.20. The van der Waals surface area contributed by atoms with Gasteiger partial charge in [-0.05, 0) is 25.0 Å². The van der Waals surface area contributed by atoms with Crippen LogP contribution in [0.15, 0.2) is 60.7 Å². The summed E-state index contributed by atoms with van der Waals surface area (Å²) in [4.78, 5) is 0. The van der Waals surface area contributed by atoms with Crippen molar-refractivity contribution in [2.75, 3.05) is 6.61 Å². The van der Waals surface area contributed by atoms with Crippen molar-refractivity contribution >= 4 is 0 Å². The maximum Gasteiger partial charge on any atom is 0.190 e. The molecule has 0 saturated carbocycles. The van der Waals surface area contributed by atoms with E-state index in [-0.39, 0.29) is 18.3 Å². The van der Waals surface area contributed by atoms with Gasteiger partial charge in [-0.15, -0.1) is 0 Å². The highest BCUT2D eigenvalue weighted by atomic mass is 16.8. The third-order valence-electron chi connectivity index (χ3n) is 4.77. The maximum absolute atomic E-state index is 6.20. The van der Waals surface area contributed by atoms with Crippen molar-refractivity contribution in [1.29, 1.82) is 0 Å². The fourth-order valence-corrected chi connectivity index (χ4v) is 3.52. The molecule has 2 aromatic carbocycles. The summed E-state index contributed by atoms with van der Waals surface area (Å²) in [5.74, 6) is -0.667. The zero-order valence-electron chi connectivity index (χ0n) is 15.7. The lowest BCUT2D eigenvalue weighted by Gasteiger charge is -2.26. The highest BCUT2D eigenvalue weighted by Gasteiger charge is 2.55. The second-order valence-corrected chi connectivity index (χ2v) is 7.41. The van der Waals surface area contributed by atoms with E-state index in [9.17, 15) is 0 Å². The molecule has 0 aliphatic carbocycles. The van der Waals surface area contributed by atoms with Crippen molar-refractivity contribution in [2.24, 2.45) is 0 Å². The molecule has 2 aromatic rings. The van der Waals surface area contributed by atoms with Crippen LogP contribution in [0.3, 0.4) is 0 Å². The predicted octanol–water partition coefficient (Wildman–Crippen LogP) is 3.67. The van der Waals surface area contributed by atoms with Crippen LogP contribution >= 0.6 is 0 Å². The average Bonchev–Trinajstić information content (AvgIpc) is 3.13. The van der Waals surface area contributed by atoms with Gasteiger partial charge in [0.25, 0.3) is 0 Å². The molecule has 5 heteroatoms. The highest BCUT2D eigenvalue weighted by Crippen LogP contribution is 2.39. The first-order valence-corrected chi connectivity index (χ1v) is 9.39. The Bertz CT molecular complexity index is 718. The molecule has 0 spiro atoms. The van der Waals surface area contributed by atoms with Crippen LogP contribution in [0.4, 0.5) is 0 Å². The lowest BCUT2D eigenvalue weighted by Crippen LogP contribution is -2.38. The van der Waals surface area contributed by atoms with Gasteiger partial charge in [-0.1, -0.05) is 60.7 Å². The molecule has 0 unspecified atom stereocenters. The SMILES string of the molecule is CC1(C)O[C@@H]2O[C@@H](COCc3ccccc3)[C@H](OCc3ccccc3)[C@@H]2O1. The molecule has 0 amide bonds. The zero-order chi connectivity index (χ0) is 18.7. The summed E-state index contributed by atoms with van der Waals surface area (Å²) in [6, 6.07) is 20.2. The molecular weight excluding hydrogens is 344 g/mol. The van der Waals surface area contributed by atoms with Crippen LogP contribution in [0.25, 0.3) is 0 Å². The van der Waals surface area contributed by atoms with Gasteiger partial charge in [-0.2, -0.15) is 0 Å². The third kappa shape index (κ3) is 4.57. The summed E-state index contributed by atoms with van der Waals surface area (Å²) >= 11 is 0. The monoisotopic (exact) mass is 370 g/mol. The summed E-state index contributed by atoms with van der Waals surface area (Å²) in [6.45, 7) is 5.24. The molecule has 0 aromatic heterocycles. The minimum Gasteiger partial charge on any atom is -0.374 e. The predicted molar refractivity (Wildman–Crippen MR) is 99.8 cm³/mol. The fourth-order valence-electron chi connectivity index (χ4n) is 3.52. The molecule has 5 nitrogen and oxygen atoms in total. The first-order chi connectivity index (χ1) is 13.1. The van der Waals surface area contributed by atoms with E-state index in [1.54, 1.807) is 0 Å². The van der Waals surface area contributed by atoms with E-state index in [1.165, 1.54) is 0 Å². The van der Waals surface area contributed by atoms with Gasteiger partial charge < -0.3 is 23.7 Å². The van der Waals surface area contributed by atoms with Gasteiger partial charge >= 0.3 is 0 Å². The number of ether oxygens (including phenoxy) is 5. The molecule has 2 fully saturated rings. The Morgan fingerprint density at radius 1 is 0.852 bits per heavy atom. The smallest absolute Gasteiger partial charge is 0.190 e. The number of fused-ring (bicyclic) bond motifs is 1. The molecule has 0 bridgehead atoms. The Labute approximate surface area is 160 Å². The second kappa shape index (κ2) is 8.09. The first-order valence-electron chi connectivity index (χ1n) is 9.39. The normalized spacial score (nSPS) is 29.0. The van der Waals surface area contributed by atoms with Crippen molar-refractivity contribution < 1.29 is 23.7 Å². The van der Waals surface area contributed by atoms with E-state index in [4.69, 9.17) is 23.7 Å². The average molecular weight is 370 g/mol. The molecular formula is C22H26O5. The van der Waals surface area contributed by atoms with Crippen molar-refractivity contribution in [1.82, 2.24) is 0 Å². The highest BCUT2D eigenvalue weighted by molar-refractivity contribution is 5.14. The second-order valence-electron chi connectivity index (χ2n) is 7.41. The lowest BCUT2D eigenvalue weighted by molar-refractivity contribution is -0.225. The summed E-state index contributed by atoms with van der Waals surface area (Å²) in [7, 11) is 0. The van der Waals surface area contributed by atoms with Gasteiger partial charge in [-0.3, -0.25) is 0 Å². The quantitative estimate of drug-likeness (QED) is 0.744. The largest absolute Gasteiger partial charge is 0.374 e. The van der Waals surface area contributed by atoms with E-state index in [0.29, 0.717) is 19.8 Å². The molecule has 2 aliphatic heterocycles. The Balaban J connectivity index is 1.38. The Kier molecular flexibility index (Phi) is 5.57. The van der Waals surface area contributed by atoms with Gasteiger partial charge in [0.05, 0.1) is 19.8 Å². The van der Waals surface area contributed by atoms with Gasteiger partial charge in [-0.25, -0.2) is 0 Å². The van der Waals surface area contributed by atoms with Crippen molar-refractivity contribution in [3.05, 3.63) is 71.8 Å². The molecule has 144 valence electrons. The molecule has 27 heavy (non-hydrogen) atoms. The minimum atomic E-state index is -0.667. The number of rotatable bonds is 7. The van der Waals surface area contributed by atoms with Gasteiger partial charge in [0.15, 0.2) is 12.1 Å². The van der Waals surface area contributed by atoms with E-state index >= 15 is 0 Å². The number of hydrogen-bond acceptors (Lipinski definition) is 5. The Hall–Kier alpha value is -1.76. The Morgan fingerprint density at radius 3 is 2.15 bits per heavy atom. The van der Waals surface area contributed by atoms with Crippen LogP contribution in [-0.4, -0.2) is 37.0 Å². The van der Waals surface area contributed by atoms with Crippen LogP contribution in [-0.2, 0) is 36.9 Å². The van der Waals surface area contributed by atoms with Gasteiger partial charge in [0.2, 0.25) is 0 Å². The first kappa shape index (κ1) is 18.6. The van der Waals surface area contributed by atoms with Crippen molar-refractivity contribution in [2.45, 2.75) is 57.5 Å². The third-order valence-corrected chi connectivity index (χ3v) is 4.77. The van der Waals surface area contributed by atoms with Crippen LogP contribution < -0.4 is 0 Å². The fraction of sp³-hybridized carbons (Fsp3) is 0.455. The van der Waals surface area contributed by atoms with E-state index < -0.39 is 12.1 Å². The number of hydrogen-bond donors (Lipinski definition) is 0. The summed E-state index contributed by atoms with van der Waals surface area (Å²) in [5.41, 5.74) is 2.24. The van der Waals surface area contributed by atoms with Gasteiger partial charge in [0, 0.05) is 0 Å². The minimum absolute atomic E-state index is 0.233. The number of benzene rings is 2. The Morgan fingerprint density at radius 2 is 1.48 bits per heavy atom. The summed E-state index contributed by atoms with van der Waals surface area (Å²) in [5, 5.41) is 0. The van der Waals surface area contributed by atoms with Crippen LogP contribution in [0.1, 0.15) is 25.0 Å².